The van der Waals surface area contributed by atoms with Gasteiger partial charge in [-0.15, -0.1) is 0 Å². The highest BCUT2D eigenvalue weighted by atomic mass is 35.5. The molecule has 2 aromatic rings. The van der Waals surface area contributed by atoms with Gasteiger partial charge in [0, 0.05) is 17.3 Å². The number of nitrogens with one attached hydrogen (secondary N) is 1. The van der Waals surface area contributed by atoms with Crippen LogP contribution in [0.3, 0.4) is 0 Å². The molecule has 2 aromatic carbocycles. The molecule has 0 saturated heterocycles. The Kier molecular flexibility index (Phi) is 5.52. The number of hydrogen-bond donors (Lipinski definition) is 3. The summed E-state index contributed by atoms with van der Waals surface area (Å²) in [5.41, 5.74) is -0.620. The van der Waals surface area contributed by atoms with E-state index in [2.05, 4.69) is 5.32 Å². The largest absolute Gasteiger partial charge is 0.505 e. The second-order valence-electron chi connectivity index (χ2n) is 8.60. The van der Waals surface area contributed by atoms with Crippen molar-refractivity contribution in [1.82, 2.24) is 0 Å². The van der Waals surface area contributed by atoms with Crippen LogP contribution in [0.2, 0.25) is 5.02 Å². The van der Waals surface area contributed by atoms with Gasteiger partial charge in [0.2, 0.25) is 0 Å². The van der Waals surface area contributed by atoms with Crippen LogP contribution in [0.5, 0.6) is 5.75 Å². The number of hydrogen-bond acceptors (Lipinski definition) is 5. The van der Waals surface area contributed by atoms with Gasteiger partial charge in [0.25, 0.3) is 5.91 Å². The highest BCUT2D eigenvalue weighted by molar-refractivity contribution is 7.92. The first kappa shape index (κ1) is 22.0. The third-order valence-electron chi connectivity index (χ3n) is 6.75. The molecule has 31 heavy (non-hydrogen) atoms. The zero-order valence-electron chi connectivity index (χ0n) is 16.8. The molecule has 2 fully saturated rings. The maximum absolute atomic E-state index is 13.4. The molecule has 4 rings (SSSR count). The van der Waals surface area contributed by atoms with E-state index >= 15 is 0 Å². The normalized spacial score (nSPS) is 27.8. The van der Waals surface area contributed by atoms with Crippen LogP contribution in [0, 0.1) is 17.7 Å². The van der Waals surface area contributed by atoms with Crippen molar-refractivity contribution in [2.75, 3.05) is 5.32 Å². The number of phenols is 1. The number of rotatable bonds is 4. The fourth-order valence-electron chi connectivity index (χ4n) is 4.85. The van der Waals surface area contributed by atoms with Crippen LogP contribution in [0.15, 0.2) is 41.3 Å². The molecule has 0 aromatic heterocycles. The van der Waals surface area contributed by atoms with E-state index in [4.69, 9.17) is 11.6 Å². The van der Waals surface area contributed by atoms with Crippen molar-refractivity contribution >= 4 is 33.0 Å². The summed E-state index contributed by atoms with van der Waals surface area (Å²) in [6.07, 6.45) is 2.30. The average molecular weight is 468 g/mol. The number of anilines is 1. The molecule has 1 amide bonds. The molecule has 2 unspecified atom stereocenters. The Morgan fingerprint density at radius 2 is 1.81 bits per heavy atom. The molecule has 0 heterocycles. The van der Waals surface area contributed by atoms with E-state index < -0.39 is 38.2 Å². The number of sulfone groups is 1. The SMILES string of the molecule is CC1(O)C2CCC1CC(S(=O)(=O)c1cc(C(=O)Nc3ccc(F)c(O)c3)ccc1Cl)C2. The lowest BCUT2D eigenvalue weighted by Gasteiger charge is -2.40. The lowest BCUT2D eigenvalue weighted by atomic mass is 9.76. The molecule has 2 saturated carbocycles. The second-order valence-corrected chi connectivity index (χ2v) is 11.2. The molecule has 6 nitrogen and oxygen atoms in total. The molecule has 2 aliphatic carbocycles. The topological polar surface area (TPSA) is 104 Å². The molecule has 166 valence electrons. The van der Waals surface area contributed by atoms with Gasteiger partial charge in [-0.1, -0.05) is 11.6 Å². The maximum atomic E-state index is 13.4. The van der Waals surface area contributed by atoms with E-state index in [0.717, 1.165) is 25.0 Å². The zero-order valence-corrected chi connectivity index (χ0v) is 18.4. The molecule has 0 spiro atoms. The lowest BCUT2D eigenvalue weighted by molar-refractivity contribution is -0.0413. The fraction of sp³-hybridized carbons (Fsp3) is 0.409. The van der Waals surface area contributed by atoms with Crippen molar-refractivity contribution in [2.45, 2.75) is 48.4 Å². The fourth-order valence-corrected chi connectivity index (χ4v) is 7.25. The number of amides is 1. The number of aliphatic hydroxyl groups is 1. The highest BCUT2D eigenvalue weighted by Gasteiger charge is 2.53. The number of halogens is 2. The Labute approximate surface area is 185 Å². The van der Waals surface area contributed by atoms with Crippen LogP contribution in [0.25, 0.3) is 0 Å². The van der Waals surface area contributed by atoms with E-state index in [0.29, 0.717) is 12.8 Å². The van der Waals surface area contributed by atoms with Gasteiger partial charge in [-0.25, -0.2) is 12.8 Å². The van der Waals surface area contributed by atoms with Gasteiger partial charge in [0.05, 0.1) is 20.8 Å². The summed E-state index contributed by atoms with van der Waals surface area (Å²) < 4.78 is 40.0. The molecule has 0 aliphatic heterocycles. The molecule has 9 heteroatoms. The second kappa shape index (κ2) is 7.76. The van der Waals surface area contributed by atoms with Crippen LogP contribution in [0.1, 0.15) is 43.0 Å². The van der Waals surface area contributed by atoms with E-state index in [1.165, 1.54) is 24.3 Å². The van der Waals surface area contributed by atoms with Crippen molar-refractivity contribution < 1.29 is 27.8 Å². The van der Waals surface area contributed by atoms with Gasteiger partial charge in [0.15, 0.2) is 21.4 Å². The third kappa shape index (κ3) is 3.92. The standard InChI is InChI=1S/C22H23ClFNO5S/c1-22(28)13-3-4-14(22)10-16(9-13)31(29,30)20-8-12(2-6-17(20)23)21(27)25-15-5-7-18(24)19(26)11-15/h2,5-8,11,13-14,16,26,28H,3-4,9-10H2,1H3,(H,25,27). The smallest absolute Gasteiger partial charge is 0.255 e. The van der Waals surface area contributed by atoms with Crippen molar-refractivity contribution in [3.8, 4) is 5.75 Å². The van der Waals surface area contributed by atoms with Crippen molar-refractivity contribution in [2.24, 2.45) is 11.8 Å². The Balaban J connectivity index is 1.60. The minimum Gasteiger partial charge on any atom is -0.505 e. The summed E-state index contributed by atoms with van der Waals surface area (Å²) in [5.74, 6) is -2.21. The van der Waals surface area contributed by atoms with Gasteiger partial charge < -0.3 is 15.5 Å². The van der Waals surface area contributed by atoms with E-state index in [9.17, 15) is 27.8 Å². The van der Waals surface area contributed by atoms with E-state index in [1.54, 1.807) is 6.92 Å². The summed E-state index contributed by atoms with van der Waals surface area (Å²) in [5, 5.41) is 22.0. The molecule has 2 atom stereocenters. The minimum absolute atomic E-state index is 0.0284. The first-order valence-corrected chi connectivity index (χ1v) is 12.0. The zero-order chi connectivity index (χ0) is 22.6. The van der Waals surface area contributed by atoms with Gasteiger partial charge in [-0.3, -0.25) is 4.79 Å². The summed E-state index contributed by atoms with van der Waals surface area (Å²) in [7, 11) is -3.82. The number of carbonyl (C=O) groups is 1. The molecular weight excluding hydrogens is 445 g/mol. The number of aromatic hydroxyl groups is 1. The Hall–Kier alpha value is -2.16. The third-order valence-corrected chi connectivity index (χ3v) is 9.41. The van der Waals surface area contributed by atoms with E-state index in [-0.39, 0.29) is 33.0 Å². The predicted octanol–water partition coefficient (Wildman–Crippen LogP) is 4.15. The monoisotopic (exact) mass is 467 g/mol. The number of benzene rings is 2. The molecular formula is C22H23ClFNO5S. The van der Waals surface area contributed by atoms with Crippen molar-refractivity contribution in [1.29, 1.82) is 0 Å². The summed E-state index contributed by atoms with van der Waals surface area (Å²) in [6.45, 7) is 1.78. The minimum atomic E-state index is -3.82. The Morgan fingerprint density at radius 3 is 2.42 bits per heavy atom. The van der Waals surface area contributed by atoms with Gasteiger partial charge in [-0.05, 0) is 74.8 Å². The van der Waals surface area contributed by atoms with Crippen LogP contribution < -0.4 is 5.32 Å². The summed E-state index contributed by atoms with van der Waals surface area (Å²) >= 11 is 6.21. The van der Waals surface area contributed by atoms with E-state index in [1.807, 2.05) is 0 Å². The molecule has 2 bridgehead atoms. The number of carbonyl (C=O) groups excluding carboxylic acids is 1. The number of fused-ring (bicyclic) bond motifs is 2. The van der Waals surface area contributed by atoms with Gasteiger partial charge >= 0.3 is 0 Å². The molecule has 2 aliphatic rings. The maximum Gasteiger partial charge on any atom is 0.255 e. The first-order valence-electron chi connectivity index (χ1n) is 10.1. The Bertz CT molecular complexity index is 1130. The lowest BCUT2D eigenvalue weighted by Crippen LogP contribution is -2.45. The van der Waals surface area contributed by atoms with Crippen molar-refractivity contribution in [3.05, 3.63) is 52.8 Å². The van der Waals surface area contributed by atoms with Crippen molar-refractivity contribution in [3.63, 3.8) is 0 Å². The quantitative estimate of drug-likeness (QED) is 0.626. The van der Waals surface area contributed by atoms with Crippen LogP contribution in [-0.2, 0) is 9.84 Å². The molecule has 0 radical (unpaired) electrons. The van der Waals surface area contributed by atoms with Crippen LogP contribution >= 0.6 is 11.6 Å². The first-order chi connectivity index (χ1) is 14.5. The summed E-state index contributed by atoms with van der Waals surface area (Å²) in [6, 6.07) is 7.35. The van der Waals surface area contributed by atoms with Gasteiger partial charge in [0.1, 0.15) is 0 Å². The predicted molar refractivity (Wildman–Crippen MR) is 115 cm³/mol. The summed E-state index contributed by atoms with van der Waals surface area (Å²) in [4.78, 5) is 12.5. The van der Waals surface area contributed by atoms with Gasteiger partial charge in [-0.2, -0.15) is 0 Å². The average Bonchev–Trinajstić information content (AvgIpc) is 2.87. The van der Waals surface area contributed by atoms with Crippen LogP contribution in [-0.4, -0.2) is 35.4 Å². The number of phenolic OH excluding ortho intramolecular Hbond substituents is 1. The highest BCUT2D eigenvalue weighted by Crippen LogP contribution is 2.51. The molecule has 3 N–H and O–H groups in total. The van der Waals surface area contributed by atoms with Crippen LogP contribution in [0.4, 0.5) is 10.1 Å². The Morgan fingerprint density at radius 1 is 1.16 bits per heavy atom.